The number of thioether (sulfide) groups is 1. The predicted molar refractivity (Wildman–Crippen MR) is 261 cm³/mol. The highest BCUT2D eigenvalue weighted by Crippen LogP contribution is 2.39. The first kappa shape index (κ1) is 48.1. The van der Waals surface area contributed by atoms with Gasteiger partial charge in [-0.1, -0.05) is 34.4 Å². The lowest BCUT2D eigenvalue weighted by Crippen LogP contribution is -2.21. The minimum atomic E-state index is -4.56. The van der Waals surface area contributed by atoms with Crippen molar-refractivity contribution in [1.82, 2.24) is 24.9 Å². The topological polar surface area (TPSA) is 273 Å². The Balaban J connectivity index is 1.28. The molecule has 0 saturated heterocycles. The van der Waals surface area contributed by atoms with E-state index >= 15 is 0 Å². The molecule has 0 aliphatic rings. The summed E-state index contributed by atoms with van der Waals surface area (Å²) in [6.45, 7) is 14.3. The molecule has 25 heteroatoms. The fourth-order valence-electron chi connectivity index (χ4n) is 6.81. The molecule has 20 nitrogen and oxygen atoms in total. The zero-order valence-electron chi connectivity index (χ0n) is 36.5. The molecule has 3 heterocycles. The molecule has 0 unspecified atom stereocenters. The number of nitrogens with zero attached hydrogens (tertiary/aromatic N) is 11. The average molecular weight is 992 g/mol. The van der Waals surface area contributed by atoms with Crippen molar-refractivity contribution in [3.63, 3.8) is 0 Å². The van der Waals surface area contributed by atoms with Crippen LogP contribution in [0.2, 0.25) is 0 Å². The lowest BCUT2D eigenvalue weighted by Gasteiger charge is -2.22. The summed E-state index contributed by atoms with van der Waals surface area (Å²) in [5.41, 5.74) is 4.85. The van der Waals surface area contributed by atoms with Gasteiger partial charge in [0.1, 0.15) is 32.2 Å². The molecule has 0 aliphatic heterocycles. The van der Waals surface area contributed by atoms with Gasteiger partial charge in [0.25, 0.3) is 20.2 Å². The van der Waals surface area contributed by atoms with Crippen LogP contribution in [0.25, 0.3) is 20.4 Å². The molecule has 66 heavy (non-hydrogen) atoms. The Bertz CT molecular complexity index is 3000. The number of hydrogen-bond donors (Lipinski definition) is 5. The standard InChI is InChI=1S/C41H45N13O7S5/c1-7-53(8-2)25-11-13-27(49-51-40-44-35-31(63-40)17-23(5)19-33(35)65(56,57)58)29(21-25)42-37-46-38(48-39(47-37)62-16-15-55)43-30-22-26(54(9-3)10-4)12-14-28(30)50-52-41-45-36-32(64-41)18-24(6)20-34(36)66(59,60)61/h11-14,17-22,55H,7-10,15-16H2,1-6H3,(H,56,57,58)(H,59,60,61)(H2,42,43,46,47,48)/b51-49+,52-50+. The molecule has 0 atom stereocenters. The van der Waals surface area contributed by atoms with E-state index in [0.29, 0.717) is 49.0 Å². The van der Waals surface area contributed by atoms with E-state index in [-0.39, 0.29) is 54.7 Å². The van der Waals surface area contributed by atoms with Crippen LogP contribution in [-0.4, -0.2) is 94.5 Å². The molecular weight excluding hydrogens is 947 g/mol. The molecule has 0 aliphatic carbocycles. The van der Waals surface area contributed by atoms with Gasteiger partial charge in [0.15, 0.2) is 5.16 Å². The molecular formula is C41H45N13O7S5. The summed E-state index contributed by atoms with van der Waals surface area (Å²) in [5, 5.41) is 34.7. The Morgan fingerprint density at radius 2 is 1.03 bits per heavy atom. The lowest BCUT2D eigenvalue weighted by molar-refractivity contribution is 0.322. The number of azo groups is 2. The van der Waals surface area contributed by atoms with E-state index in [1.165, 1.54) is 23.9 Å². The molecule has 0 bridgehead atoms. The molecule has 0 saturated carbocycles. The number of anilines is 6. The van der Waals surface area contributed by atoms with Crippen molar-refractivity contribution in [1.29, 1.82) is 0 Å². The van der Waals surface area contributed by atoms with Gasteiger partial charge in [0, 0.05) is 43.3 Å². The number of benzene rings is 4. The number of aliphatic hydroxyl groups excluding tert-OH is 1. The van der Waals surface area contributed by atoms with Crippen molar-refractivity contribution >= 4 is 131 Å². The number of thiazole rings is 2. The summed E-state index contributed by atoms with van der Waals surface area (Å²) < 4.78 is 69.5. The van der Waals surface area contributed by atoms with Gasteiger partial charge in [-0.25, -0.2) is 9.97 Å². The van der Waals surface area contributed by atoms with Crippen molar-refractivity contribution in [3.05, 3.63) is 71.8 Å². The second-order valence-corrected chi connectivity index (χ2v) is 20.3. The second-order valence-electron chi connectivity index (χ2n) is 14.4. The third-order valence-corrected chi connectivity index (χ3v) is 14.2. The normalized spacial score (nSPS) is 12.3. The molecule has 0 radical (unpaired) electrons. The van der Waals surface area contributed by atoms with Gasteiger partial charge in [0.2, 0.25) is 22.2 Å². The van der Waals surface area contributed by atoms with Crippen LogP contribution in [0.4, 0.5) is 56.3 Å². The van der Waals surface area contributed by atoms with Gasteiger partial charge in [0.05, 0.1) is 27.4 Å². The van der Waals surface area contributed by atoms with Crippen LogP contribution in [0.1, 0.15) is 38.8 Å². The van der Waals surface area contributed by atoms with Gasteiger partial charge in [-0.2, -0.15) is 31.8 Å². The second kappa shape index (κ2) is 20.4. The lowest BCUT2D eigenvalue weighted by atomic mass is 10.2. The third-order valence-electron chi connectivity index (χ3n) is 9.88. The maximum Gasteiger partial charge on any atom is 0.296 e. The maximum absolute atomic E-state index is 12.2. The molecule has 5 N–H and O–H groups in total. The summed E-state index contributed by atoms with van der Waals surface area (Å²) in [4.78, 5) is 26.5. The monoisotopic (exact) mass is 991 g/mol. The van der Waals surface area contributed by atoms with E-state index in [1.807, 2.05) is 52.0 Å². The molecule has 0 spiro atoms. The van der Waals surface area contributed by atoms with Crippen LogP contribution in [0.3, 0.4) is 0 Å². The zero-order valence-corrected chi connectivity index (χ0v) is 40.5. The molecule has 0 fully saturated rings. The Hall–Kier alpha value is -5.80. The minimum Gasteiger partial charge on any atom is -0.396 e. The number of aryl methyl sites for hydroxylation is 2. The van der Waals surface area contributed by atoms with E-state index in [4.69, 9.17) is 4.98 Å². The minimum absolute atomic E-state index is 0.0868. The van der Waals surface area contributed by atoms with E-state index < -0.39 is 20.2 Å². The Kier molecular flexibility index (Phi) is 14.9. The summed E-state index contributed by atoms with van der Waals surface area (Å²) >= 11 is 3.44. The highest BCUT2D eigenvalue weighted by atomic mass is 32.2. The number of aromatic nitrogens is 5. The van der Waals surface area contributed by atoms with Gasteiger partial charge in [-0.15, -0.1) is 20.5 Å². The molecule has 4 aromatic carbocycles. The van der Waals surface area contributed by atoms with E-state index in [1.54, 1.807) is 38.1 Å². The quantitative estimate of drug-likeness (QED) is 0.0286. The number of nitrogens with one attached hydrogen (secondary N) is 2. The van der Waals surface area contributed by atoms with Gasteiger partial charge < -0.3 is 25.5 Å². The highest BCUT2D eigenvalue weighted by Gasteiger charge is 2.21. The van der Waals surface area contributed by atoms with Crippen LogP contribution >= 0.6 is 34.4 Å². The summed E-state index contributed by atoms with van der Waals surface area (Å²) in [6.07, 6.45) is 0. The van der Waals surface area contributed by atoms with Crippen molar-refractivity contribution in [2.24, 2.45) is 20.5 Å². The zero-order chi connectivity index (χ0) is 47.3. The first-order chi connectivity index (χ1) is 31.5. The number of fused-ring (bicyclic) bond motifs is 2. The van der Waals surface area contributed by atoms with Crippen molar-refractivity contribution < 1.29 is 31.0 Å². The highest BCUT2D eigenvalue weighted by molar-refractivity contribution is 7.99. The smallest absolute Gasteiger partial charge is 0.296 e. The van der Waals surface area contributed by atoms with Gasteiger partial charge in [-0.05, 0) is 113 Å². The fourth-order valence-corrected chi connectivity index (χ4v) is 10.8. The van der Waals surface area contributed by atoms with Crippen LogP contribution in [0.5, 0.6) is 0 Å². The van der Waals surface area contributed by atoms with Crippen molar-refractivity contribution in [2.45, 2.75) is 56.5 Å². The summed E-state index contributed by atoms with van der Waals surface area (Å²) in [6, 6.07) is 17.3. The van der Waals surface area contributed by atoms with E-state index in [0.717, 1.165) is 60.2 Å². The molecule has 7 aromatic rings. The summed E-state index contributed by atoms with van der Waals surface area (Å²) in [7, 11) is -9.11. The third kappa shape index (κ3) is 11.2. The fraction of sp³-hybridized carbons (Fsp3) is 0.293. The number of rotatable bonds is 19. The Morgan fingerprint density at radius 1 is 0.606 bits per heavy atom. The Labute approximate surface area is 392 Å². The van der Waals surface area contributed by atoms with Gasteiger partial charge in [-0.3, -0.25) is 9.11 Å². The molecule has 7 rings (SSSR count). The maximum atomic E-state index is 12.2. The first-order valence-electron chi connectivity index (χ1n) is 20.4. The largest absolute Gasteiger partial charge is 0.396 e. The van der Waals surface area contributed by atoms with Gasteiger partial charge >= 0.3 is 0 Å². The number of aliphatic hydroxyl groups is 1. The average Bonchev–Trinajstić information content (AvgIpc) is 3.88. The van der Waals surface area contributed by atoms with Crippen molar-refractivity contribution in [2.75, 3.05) is 59.0 Å². The van der Waals surface area contributed by atoms with E-state index in [2.05, 4.69) is 60.8 Å². The van der Waals surface area contributed by atoms with Crippen LogP contribution < -0.4 is 20.4 Å². The van der Waals surface area contributed by atoms with Crippen LogP contribution in [0.15, 0.2) is 96.1 Å². The van der Waals surface area contributed by atoms with Crippen molar-refractivity contribution in [3.8, 4) is 0 Å². The predicted octanol–water partition coefficient (Wildman–Crippen LogP) is 10.3. The van der Waals surface area contributed by atoms with Crippen LogP contribution in [-0.2, 0) is 20.2 Å². The molecule has 3 aromatic heterocycles. The van der Waals surface area contributed by atoms with Crippen LogP contribution in [0, 0.1) is 13.8 Å². The first-order valence-corrected chi connectivity index (χ1v) is 25.9. The molecule has 0 amide bonds. The summed E-state index contributed by atoms with van der Waals surface area (Å²) in [5.74, 6) is 0.534. The molecule has 346 valence electrons. The Morgan fingerprint density at radius 3 is 1.41 bits per heavy atom. The number of hydrogen-bond acceptors (Lipinski definition) is 21. The SMILES string of the molecule is CCN(CC)c1ccc(/N=N/c2nc3c(S(=O)(=O)O)cc(C)cc3s2)c(Nc2nc(Nc3cc(N(CC)CC)ccc3/N=N/c3nc4c(S(=O)(=O)O)cc(C)cc4s3)nc(SCCO)n2)c1. The van der Waals surface area contributed by atoms with E-state index in [9.17, 15) is 31.0 Å².